The average Bonchev–Trinajstić information content (AvgIpc) is 2.37. The molecule has 0 aliphatic heterocycles. The van der Waals surface area contributed by atoms with Crippen LogP contribution in [-0.4, -0.2) is 28.1 Å². The van der Waals surface area contributed by atoms with Gasteiger partial charge in [0.15, 0.2) is 0 Å². The molecule has 0 saturated heterocycles. The molecule has 0 radical (unpaired) electrons. The zero-order valence-electron chi connectivity index (χ0n) is 11.7. The van der Waals surface area contributed by atoms with Crippen LogP contribution in [0.15, 0.2) is 24.3 Å². The summed E-state index contributed by atoms with van der Waals surface area (Å²) in [5.74, 6) is -0.468. The standard InChI is InChI=1S/C13H19F3N2O2S/c1-2-6-17-7-8-18-21(19,20)10-11-4-3-5-12(9-11)13(14,15)16/h3-5,9,17-18H,2,6-8,10H2,1H3. The predicted octanol–water partition coefficient (Wildman–Crippen LogP) is 2.12. The fourth-order valence-electron chi connectivity index (χ4n) is 1.70. The molecule has 21 heavy (non-hydrogen) atoms. The van der Waals surface area contributed by atoms with Gasteiger partial charge in [-0.2, -0.15) is 13.2 Å². The van der Waals surface area contributed by atoms with Crippen LogP contribution in [-0.2, 0) is 22.0 Å². The molecule has 120 valence electrons. The Balaban J connectivity index is 2.59. The van der Waals surface area contributed by atoms with Crippen molar-refractivity contribution in [3.05, 3.63) is 35.4 Å². The van der Waals surface area contributed by atoms with Crippen LogP contribution in [0.25, 0.3) is 0 Å². The summed E-state index contributed by atoms with van der Waals surface area (Å²) < 4.78 is 63.5. The first kappa shape index (κ1) is 17.9. The lowest BCUT2D eigenvalue weighted by molar-refractivity contribution is -0.137. The van der Waals surface area contributed by atoms with Gasteiger partial charge in [0, 0.05) is 13.1 Å². The van der Waals surface area contributed by atoms with Crippen molar-refractivity contribution in [3.63, 3.8) is 0 Å². The van der Waals surface area contributed by atoms with Crippen molar-refractivity contribution < 1.29 is 21.6 Å². The molecule has 0 aliphatic rings. The highest BCUT2D eigenvalue weighted by Crippen LogP contribution is 2.29. The SMILES string of the molecule is CCCNCCNS(=O)(=O)Cc1cccc(C(F)(F)F)c1. The molecule has 0 aliphatic carbocycles. The summed E-state index contributed by atoms with van der Waals surface area (Å²) in [7, 11) is -3.64. The first-order chi connectivity index (χ1) is 9.74. The van der Waals surface area contributed by atoms with Crippen molar-refractivity contribution in [2.75, 3.05) is 19.6 Å². The summed E-state index contributed by atoms with van der Waals surface area (Å²) in [4.78, 5) is 0. The highest BCUT2D eigenvalue weighted by Gasteiger charge is 2.30. The molecular formula is C13H19F3N2O2S. The summed E-state index contributed by atoms with van der Waals surface area (Å²) in [6.45, 7) is 3.47. The minimum atomic E-state index is -4.47. The molecule has 0 atom stereocenters. The molecule has 0 amide bonds. The zero-order valence-corrected chi connectivity index (χ0v) is 12.5. The van der Waals surface area contributed by atoms with E-state index in [9.17, 15) is 21.6 Å². The number of halogens is 3. The van der Waals surface area contributed by atoms with Crippen LogP contribution in [0.4, 0.5) is 13.2 Å². The van der Waals surface area contributed by atoms with E-state index in [0.29, 0.717) is 6.54 Å². The van der Waals surface area contributed by atoms with Gasteiger partial charge in [0.25, 0.3) is 0 Å². The summed E-state index contributed by atoms with van der Waals surface area (Å²) in [5.41, 5.74) is -0.737. The molecule has 0 spiro atoms. The summed E-state index contributed by atoms with van der Waals surface area (Å²) in [6.07, 6.45) is -3.53. The van der Waals surface area contributed by atoms with Crippen molar-refractivity contribution in [2.24, 2.45) is 0 Å². The van der Waals surface area contributed by atoms with Crippen LogP contribution < -0.4 is 10.0 Å². The number of nitrogens with one attached hydrogen (secondary N) is 2. The average molecular weight is 324 g/mol. The Bertz CT molecular complexity index is 545. The van der Waals surface area contributed by atoms with Gasteiger partial charge in [-0.25, -0.2) is 13.1 Å². The van der Waals surface area contributed by atoms with E-state index in [1.54, 1.807) is 0 Å². The van der Waals surface area contributed by atoms with Crippen molar-refractivity contribution in [3.8, 4) is 0 Å². The van der Waals surface area contributed by atoms with Gasteiger partial charge in [-0.05, 0) is 24.6 Å². The molecule has 0 fully saturated rings. The predicted molar refractivity (Wildman–Crippen MR) is 75.2 cm³/mol. The maximum absolute atomic E-state index is 12.5. The summed E-state index contributed by atoms with van der Waals surface area (Å²) >= 11 is 0. The van der Waals surface area contributed by atoms with Crippen molar-refractivity contribution >= 4 is 10.0 Å². The van der Waals surface area contributed by atoms with E-state index in [2.05, 4.69) is 10.0 Å². The number of alkyl halides is 3. The van der Waals surface area contributed by atoms with Crippen molar-refractivity contribution in [1.82, 2.24) is 10.0 Å². The van der Waals surface area contributed by atoms with Gasteiger partial charge in [0.1, 0.15) is 0 Å². The van der Waals surface area contributed by atoms with E-state index in [0.717, 1.165) is 25.1 Å². The second-order valence-corrected chi connectivity index (χ2v) is 6.41. The van der Waals surface area contributed by atoms with Gasteiger partial charge in [-0.1, -0.05) is 25.1 Å². The third-order valence-corrected chi connectivity index (χ3v) is 4.02. The molecule has 1 aromatic carbocycles. The van der Waals surface area contributed by atoms with Crippen LogP contribution in [0, 0.1) is 0 Å². The Kier molecular flexibility index (Phi) is 6.63. The van der Waals surface area contributed by atoms with E-state index in [4.69, 9.17) is 0 Å². The number of hydrogen-bond donors (Lipinski definition) is 2. The van der Waals surface area contributed by atoms with Gasteiger partial charge in [0.2, 0.25) is 10.0 Å². The van der Waals surface area contributed by atoms with Crippen molar-refractivity contribution in [1.29, 1.82) is 0 Å². The molecule has 0 saturated carbocycles. The second kappa shape index (κ2) is 7.77. The fourth-order valence-corrected chi connectivity index (χ4v) is 2.84. The number of hydrogen-bond acceptors (Lipinski definition) is 3. The smallest absolute Gasteiger partial charge is 0.315 e. The lowest BCUT2D eigenvalue weighted by Gasteiger charge is -2.10. The first-order valence-electron chi connectivity index (χ1n) is 6.59. The van der Waals surface area contributed by atoms with E-state index >= 15 is 0 Å². The third kappa shape index (κ3) is 6.92. The topological polar surface area (TPSA) is 58.2 Å². The van der Waals surface area contributed by atoms with Crippen molar-refractivity contribution in [2.45, 2.75) is 25.3 Å². The Labute approximate surface area is 122 Å². The molecule has 0 heterocycles. The molecule has 1 aromatic rings. The maximum Gasteiger partial charge on any atom is 0.416 e. The van der Waals surface area contributed by atoms with Crippen LogP contribution in [0.3, 0.4) is 0 Å². The Morgan fingerprint density at radius 3 is 2.48 bits per heavy atom. The third-order valence-electron chi connectivity index (χ3n) is 2.66. The van der Waals surface area contributed by atoms with Gasteiger partial charge in [-0.15, -0.1) is 0 Å². The maximum atomic E-state index is 12.5. The zero-order chi connectivity index (χ0) is 15.9. The Morgan fingerprint density at radius 2 is 1.86 bits per heavy atom. The molecule has 0 unspecified atom stereocenters. The molecule has 0 bridgehead atoms. The molecule has 2 N–H and O–H groups in total. The largest absolute Gasteiger partial charge is 0.416 e. The lowest BCUT2D eigenvalue weighted by Crippen LogP contribution is -2.32. The molecule has 1 rings (SSSR count). The van der Waals surface area contributed by atoms with Crippen LogP contribution >= 0.6 is 0 Å². The summed E-state index contributed by atoms with van der Waals surface area (Å²) in [5, 5.41) is 3.02. The Hall–Kier alpha value is -1.12. The number of sulfonamides is 1. The monoisotopic (exact) mass is 324 g/mol. The lowest BCUT2D eigenvalue weighted by atomic mass is 10.1. The van der Waals surface area contributed by atoms with Crippen LogP contribution in [0.1, 0.15) is 24.5 Å². The Morgan fingerprint density at radius 1 is 1.14 bits per heavy atom. The second-order valence-electron chi connectivity index (χ2n) is 4.60. The van der Waals surface area contributed by atoms with E-state index in [1.807, 2.05) is 6.92 Å². The normalized spacial score (nSPS) is 12.6. The van der Waals surface area contributed by atoms with Gasteiger partial charge in [-0.3, -0.25) is 0 Å². The first-order valence-corrected chi connectivity index (χ1v) is 8.24. The van der Waals surface area contributed by atoms with Crippen LogP contribution in [0.2, 0.25) is 0 Å². The fraction of sp³-hybridized carbons (Fsp3) is 0.538. The molecular weight excluding hydrogens is 305 g/mol. The minimum Gasteiger partial charge on any atom is -0.315 e. The minimum absolute atomic E-state index is 0.110. The molecule has 0 aromatic heterocycles. The highest BCUT2D eigenvalue weighted by atomic mass is 32.2. The van der Waals surface area contributed by atoms with E-state index in [-0.39, 0.29) is 12.1 Å². The highest BCUT2D eigenvalue weighted by molar-refractivity contribution is 7.88. The van der Waals surface area contributed by atoms with E-state index in [1.165, 1.54) is 12.1 Å². The van der Waals surface area contributed by atoms with Crippen LogP contribution in [0.5, 0.6) is 0 Å². The van der Waals surface area contributed by atoms with Gasteiger partial charge < -0.3 is 5.32 Å². The molecule has 4 nitrogen and oxygen atoms in total. The van der Waals surface area contributed by atoms with E-state index < -0.39 is 27.5 Å². The van der Waals surface area contributed by atoms with Gasteiger partial charge >= 0.3 is 6.18 Å². The van der Waals surface area contributed by atoms with Gasteiger partial charge in [0.05, 0.1) is 11.3 Å². The summed E-state index contributed by atoms with van der Waals surface area (Å²) in [6, 6.07) is 4.34. The number of rotatable bonds is 8. The molecule has 8 heteroatoms. The quantitative estimate of drug-likeness (QED) is 0.720. The number of benzene rings is 1.